The van der Waals surface area contributed by atoms with Gasteiger partial charge in [-0.05, 0) is 57.2 Å². The molecule has 0 saturated carbocycles. The molecule has 0 aromatic rings. The Labute approximate surface area is 95.2 Å². The minimum atomic E-state index is 0.306. The first-order valence-corrected chi connectivity index (χ1v) is 6.40. The number of nitrogens with two attached hydrogens (primary N) is 1. The summed E-state index contributed by atoms with van der Waals surface area (Å²) in [6.45, 7) is 12.6. The minimum absolute atomic E-state index is 0.306. The fraction of sp³-hybridized carbons (Fsp3) is 1.00. The number of piperidine rings is 1. The highest BCUT2D eigenvalue weighted by Gasteiger charge is 2.26. The van der Waals surface area contributed by atoms with E-state index < -0.39 is 0 Å². The topological polar surface area (TPSA) is 29.3 Å². The van der Waals surface area contributed by atoms with Crippen LogP contribution in [0.25, 0.3) is 0 Å². The van der Waals surface area contributed by atoms with Gasteiger partial charge in [0, 0.05) is 6.04 Å². The van der Waals surface area contributed by atoms with Gasteiger partial charge in [0.15, 0.2) is 0 Å². The Bertz CT molecular complexity index is 189. The zero-order chi connectivity index (χ0) is 11.5. The van der Waals surface area contributed by atoms with Gasteiger partial charge in [-0.3, -0.25) is 0 Å². The first kappa shape index (κ1) is 13.0. The summed E-state index contributed by atoms with van der Waals surface area (Å²) in [6.07, 6.45) is 3.99. The molecule has 0 spiro atoms. The summed E-state index contributed by atoms with van der Waals surface area (Å²) < 4.78 is 0. The van der Waals surface area contributed by atoms with Crippen LogP contribution in [-0.4, -0.2) is 30.6 Å². The Morgan fingerprint density at radius 1 is 1.33 bits per heavy atom. The molecule has 0 radical (unpaired) electrons. The number of hydrogen-bond donors (Lipinski definition) is 1. The van der Waals surface area contributed by atoms with Gasteiger partial charge in [0.2, 0.25) is 0 Å². The van der Waals surface area contributed by atoms with E-state index in [1.54, 1.807) is 0 Å². The number of rotatable bonds is 4. The lowest BCUT2D eigenvalue weighted by Crippen LogP contribution is -2.44. The van der Waals surface area contributed by atoms with Crippen LogP contribution in [0.1, 0.15) is 47.0 Å². The predicted octanol–water partition coefficient (Wildman–Crippen LogP) is 2.48. The molecule has 2 N–H and O–H groups in total. The Balaban J connectivity index is 2.37. The van der Waals surface area contributed by atoms with Crippen molar-refractivity contribution in [1.82, 2.24) is 4.90 Å². The van der Waals surface area contributed by atoms with E-state index in [1.165, 1.54) is 32.4 Å². The second-order valence-corrected chi connectivity index (χ2v) is 6.01. The normalized spacial score (nSPS) is 29.4. The van der Waals surface area contributed by atoms with Gasteiger partial charge in [-0.2, -0.15) is 0 Å². The molecule has 1 heterocycles. The second kappa shape index (κ2) is 5.31. The highest BCUT2D eigenvalue weighted by Crippen LogP contribution is 2.25. The van der Waals surface area contributed by atoms with Crippen LogP contribution in [0.3, 0.4) is 0 Å². The van der Waals surface area contributed by atoms with E-state index in [4.69, 9.17) is 5.73 Å². The summed E-state index contributed by atoms with van der Waals surface area (Å²) in [5.41, 5.74) is 6.07. The van der Waals surface area contributed by atoms with Crippen molar-refractivity contribution in [2.75, 3.05) is 19.6 Å². The molecular formula is C13H28N2. The van der Waals surface area contributed by atoms with Gasteiger partial charge in [0.1, 0.15) is 0 Å². The quantitative estimate of drug-likeness (QED) is 0.776. The second-order valence-electron chi connectivity index (χ2n) is 6.01. The lowest BCUT2D eigenvalue weighted by molar-refractivity contribution is 0.0989. The van der Waals surface area contributed by atoms with Crippen LogP contribution in [0.5, 0.6) is 0 Å². The molecule has 1 rings (SSSR count). The highest BCUT2D eigenvalue weighted by atomic mass is 15.2. The van der Waals surface area contributed by atoms with E-state index in [9.17, 15) is 0 Å². The zero-order valence-electron chi connectivity index (χ0n) is 10.9. The van der Waals surface area contributed by atoms with Crippen molar-refractivity contribution in [3.8, 4) is 0 Å². The summed E-state index contributed by atoms with van der Waals surface area (Å²) in [5, 5.41) is 0. The van der Waals surface area contributed by atoms with Crippen molar-refractivity contribution >= 4 is 0 Å². The lowest BCUT2D eigenvalue weighted by atomic mass is 9.87. The van der Waals surface area contributed by atoms with Crippen LogP contribution in [0.2, 0.25) is 0 Å². The molecule has 1 saturated heterocycles. The van der Waals surface area contributed by atoms with Crippen LogP contribution >= 0.6 is 0 Å². The third-order valence-corrected chi connectivity index (χ3v) is 4.13. The molecule has 0 aliphatic carbocycles. The van der Waals surface area contributed by atoms with Crippen LogP contribution in [0.15, 0.2) is 0 Å². The molecule has 15 heavy (non-hydrogen) atoms. The summed E-state index contributed by atoms with van der Waals surface area (Å²) >= 11 is 0. The molecular weight excluding hydrogens is 184 g/mol. The zero-order valence-corrected chi connectivity index (χ0v) is 10.9. The first-order chi connectivity index (χ1) is 6.96. The van der Waals surface area contributed by atoms with Gasteiger partial charge in [-0.1, -0.05) is 20.8 Å². The maximum Gasteiger partial charge on any atom is 0.00925 e. The molecule has 0 amide bonds. The average molecular weight is 212 g/mol. The van der Waals surface area contributed by atoms with Gasteiger partial charge in [-0.25, -0.2) is 0 Å². The molecule has 2 atom stereocenters. The minimum Gasteiger partial charge on any atom is -0.330 e. The van der Waals surface area contributed by atoms with Crippen LogP contribution in [0, 0.1) is 11.3 Å². The van der Waals surface area contributed by atoms with E-state index >= 15 is 0 Å². The fourth-order valence-corrected chi connectivity index (χ4v) is 2.28. The number of hydrogen-bond acceptors (Lipinski definition) is 2. The Morgan fingerprint density at radius 2 is 2.00 bits per heavy atom. The molecule has 1 aliphatic heterocycles. The third kappa shape index (κ3) is 3.76. The third-order valence-electron chi connectivity index (χ3n) is 4.13. The SMILES string of the molecule is CC1CCCN(CCC(C)(C)CN)C1C. The molecule has 0 aromatic carbocycles. The van der Waals surface area contributed by atoms with Gasteiger partial charge >= 0.3 is 0 Å². The number of likely N-dealkylation sites (tertiary alicyclic amines) is 1. The molecule has 2 unspecified atom stereocenters. The van der Waals surface area contributed by atoms with E-state index in [1.807, 2.05) is 0 Å². The molecule has 2 heteroatoms. The van der Waals surface area contributed by atoms with Gasteiger partial charge < -0.3 is 10.6 Å². The molecule has 0 aromatic heterocycles. The van der Waals surface area contributed by atoms with Gasteiger partial charge in [0.05, 0.1) is 0 Å². The monoisotopic (exact) mass is 212 g/mol. The average Bonchev–Trinajstić information content (AvgIpc) is 2.20. The van der Waals surface area contributed by atoms with Crippen molar-refractivity contribution < 1.29 is 0 Å². The van der Waals surface area contributed by atoms with E-state index in [0.29, 0.717) is 5.41 Å². The maximum absolute atomic E-state index is 5.77. The van der Waals surface area contributed by atoms with E-state index in [2.05, 4.69) is 32.6 Å². The van der Waals surface area contributed by atoms with Crippen LogP contribution in [0.4, 0.5) is 0 Å². The van der Waals surface area contributed by atoms with Crippen molar-refractivity contribution in [3.05, 3.63) is 0 Å². The largest absolute Gasteiger partial charge is 0.330 e. The van der Waals surface area contributed by atoms with Crippen molar-refractivity contribution in [2.24, 2.45) is 17.1 Å². The van der Waals surface area contributed by atoms with Crippen molar-refractivity contribution in [2.45, 2.75) is 53.0 Å². The van der Waals surface area contributed by atoms with E-state index in [-0.39, 0.29) is 0 Å². The Morgan fingerprint density at radius 3 is 2.60 bits per heavy atom. The smallest absolute Gasteiger partial charge is 0.00925 e. The maximum atomic E-state index is 5.77. The molecule has 90 valence electrons. The summed E-state index contributed by atoms with van der Waals surface area (Å²) in [5.74, 6) is 0.861. The van der Waals surface area contributed by atoms with E-state index in [0.717, 1.165) is 18.5 Å². The summed E-state index contributed by atoms with van der Waals surface area (Å²) in [6, 6.07) is 0.757. The van der Waals surface area contributed by atoms with Crippen LogP contribution in [-0.2, 0) is 0 Å². The van der Waals surface area contributed by atoms with Crippen LogP contribution < -0.4 is 5.73 Å². The predicted molar refractivity (Wildman–Crippen MR) is 66.9 cm³/mol. The van der Waals surface area contributed by atoms with Gasteiger partial charge in [-0.15, -0.1) is 0 Å². The molecule has 2 nitrogen and oxygen atoms in total. The molecule has 1 aliphatic rings. The Hall–Kier alpha value is -0.0800. The molecule has 1 fully saturated rings. The summed E-state index contributed by atoms with van der Waals surface area (Å²) in [4.78, 5) is 2.64. The van der Waals surface area contributed by atoms with Crippen molar-refractivity contribution in [3.63, 3.8) is 0 Å². The lowest BCUT2D eigenvalue weighted by Gasteiger charge is -2.39. The fourth-order valence-electron chi connectivity index (χ4n) is 2.28. The Kier molecular flexibility index (Phi) is 4.60. The van der Waals surface area contributed by atoms with Gasteiger partial charge in [0.25, 0.3) is 0 Å². The number of nitrogens with zero attached hydrogens (tertiary/aromatic N) is 1. The summed E-state index contributed by atoms with van der Waals surface area (Å²) in [7, 11) is 0. The first-order valence-electron chi connectivity index (χ1n) is 6.40. The molecule has 0 bridgehead atoms. The highest BCUT2D eigenvalue weighted by molar-refractivity contribution is 4.80. The standard InChI is InChI=1S/C13H28N2/c1-11-6-5-8-15(12(11)2)9-7-13(3,4)10-14/h11-12H,5-10,14H2,1-4H3. The van der Waals surface area contributed by atoms with Crippen molar-refractivity contribution in [1.29, 1.82) is 0 Å².